The standard InChI is InChI=1S/C12H24N2O2S/c1-4-5-13-8-11(9-13)14-6-7-17(15,16)10-12(14,2)3/h11H,4-10H2,1-3H3. The Balaban J connectivity index is 1.95. The number of hydrogen-bond donors (Lipinski definition) is 0. The lowest BCUT2D eigenvalue weighted by molar-refractivity contribution is -0.0142. The molecule has 0 aromatic heterocycles. The van der Waals surface area contributed by atoms with Gasteiger partial charge in [0.15, 0.2) is 9.84 Å². The molecular weight excluding hydrogens is 236 g/mol. The molecule has 0 N–H and O–H groups in total. The maximum atomic E-state index is 11.7. The Morgan fingerprint density at radius 3 is 2.47 bits per heavy atom. The van der Waals surface area contributed by atoms with Crippen LogP contribution in [0.1, 0.15) is 27.2 Å². The largest absolute Gasteiger partial charge is 0.300 e. The van der Waals surface area contributed by atoms with Crippen LogP contribution in [0.15, 0.2) is 0 Å². The van der Waals surface area contributed by atoms with Crippen molar-refractivity contribution in [2.24, 2.45) is 0 Å². The maximum Gasteiger partial charge on any atom is 0.153 e. The number of rotatable bonds is 3. The lowest BCUT2D eigenvalue weighted by atomic mass is 9.97. The number of likely N-dealkylation sites (tertiary alicyclic amines) is 1. The van der Waals surface area contributed by atoms with Crippen LogP contribution in [0.2, 0.25) is 0 Å². The molecule has 0 bridgehead atoms. The molecule has 2 heterocycles. The predicted octanol–water partition coefficient (Wildman–Crippen LogP) is 0.590. The molecule has 0 atom stereocenters. The van der Waals surface area contributed by atoms with Crippen LogP contribution in [0, 0.1) is 0 Å². The first-order valence-electron chi connectivity index (χ1n) is 6.53. The monoisotopic (exact) mass is 260 g/mol. The van der Waals surface area contributed by atoms with Crippen molar-refractivity contribution in [3.05, 3.63) is 0 Å². The van der Waals surface area contributed by atoms with Crippen LogP contribution in [0.4, 0.5) is 0 Å². The lowest BCUT2D eigenvalue weighted by Crippen LogP contribution is -2.68. The van der Waals surface area contributed by atoms with Gasteiger partial charge in [-0.05, 0) is 26.8 Å². The molecule has 2 rings (SSSR count). The van der Waals surface area contributed by atoms with E-state index in [4.69, 9.17) is 0 Å². The summed E-state index contributed by atoms with van der Waals surface area (Å²) in [6.45, 7) is 10.4. The molecule has 100 valence electrons. The Kier molecular flexibility index (Phi) is 3.54. The first-order valence-corrected chi connectivity index (χ1v) is 8.36. The molecule has 0 aromatic carbocycles. The van der Waals surface area contributed by atoms with E-state index in [0.717, 1.165) is 13.1 Å². The lowest BCUT2D eigenvalue weighted by Gasteiger charge is -2.53. The SMILES string of the molecule is CCCN1CC(N2CCS(=O)(=O)CC2(C)C)C1. The van der Waals surface area contributed by atoms with Crippen molar-refractivity contribution >= 4 is 9.84 Å². The van der Waals surface area contributed by atoms with Gasteiger partial charge in [-0.1, -0.05) is 6.92 Å². The van der Waals surface area contributed by atoms with Gasteiger partial charge in [-0.25, -0.2) is 8.42 Å². The fourth-order valence-corrected chi connectivity index (χ4v) is 5.01. The minimum absolute atomic E-state index is 0.194. The second-order valence-electron chi connectivity index (χ2n) is 6.01. The van der Waals surface area contributed by atoms with Crippen LogP contribution in [-0.2, 0) is 9.84 Å². The Bertz CT molecular complexity index is 372. The summed E-state index contributed by atoms with van der Waals surface area (Å²) in [6.07, 6.45) is 1.20. The van der Waals surface area contributed by atoms with Gasteiger partial charge in [0.25, 0.3) is 0 Å². The Morgan fingerprint density at radius 2 is 1.94 bits per heavy atom. The summed E-state index contributed by atoms with van der Waals surface area (Å²) in [5, 5.41) is 0. The van der Waals surface area contributed by atoms with E-state index in [1.807, 2.05) is 0 Å². The molecule has 0 aromatic rings. The summed E-state index contributed by atoms with van der Waals surface area (Å²) in [6, 6.07) is 0.562. The predicted molar refractivity (Wildman–Crippen MR) is 70.0 cm³/mol. The van der Waals surface area contributed by atoms with Crippen molar-refractivity contribution in [1.82, 2.24) is 9.80 Å². The van der Waals surface area contributed by atoms with Gasteiger partial charge in [-0.2, -0.15) is 0 Å². The van der Waals surface area contributed by atoms with Crippen molar-refractivity contribution in [2.75, 3.05) is 37.7 Å². The zero-order chi connectivity index (χ0) is 12.7. The van der Waals surface area contributed by atoms with Crippen molar-refractivity contribution < 1.29 is 8.42 Å². The van der Waals surface area contributed by atoms with E-state index < -0.39 is 9.84 Å². The van der Waals surface area contributed by atoms with Crippen molar-refractivity contribution in [2.45, 2.75) is 38.8 Å². The van der Waals surface area contributed by atoms with E-state index in [1.165, 1.54) is 13.0 Å². The van der Waals surface area contributed by atoms with Gasteiger partial charge < -0.3 is 4.90 Å². The average Bonchev–Trinajstić information content (AvgIpc) is 2.09. The van der Waals surface area contributed by atoms with Gasteiger partial charge in [-0.3, -0.25) is 4.90 Å². The van der Waals surface area contributed by atoms with Gasteiger partial charge >= 0.3 is 0 Å². The molecule has 0 aliphatic carbocycles. The van der Waals surface area contributed by atoms with Gasteiger partial charge in [-0.15, -0.1) is 0 Å². The summed E-state index contributed by atoms with van der Waals surface area (Å²) in [4.78, 5) is 4.85. The van der Waals surface area contributed by atoms with Crippen molar-refractivity contribution in [1.29, 1.82) is 0 Å². The van der Waals surface area contributed by atoms with Crippen molar-refractivity contribution in [3.63, 3.8) is 0 Å². The van der Waals surface area contributed by atoms with E-state index in [1.54, 1.807) is 0 Å². The molecule has 17 heavy (non-hydrogen) atoms. The van der Waals surface area contributed by atoms with Crippen LogP contribution in [0.5, 0.6) is 0 Å². The highest BCUT2D eigenvalue weighted by Gasteiger charge is 2.44. The second kappa shape index (κ2) is 4.52. The highest BCUT2D eigenvalue weighted by atomic mass is 32.2. The molecule has 4 nitrogen and oxygen atoms in total. The van der Waals surface area contributed by atoms with E-state index in [9.17, 15) is 8.42 Å². The molecule has 0 unspecified atom stereocenters. The number of hydrogen-bond acceptors (Lipinski definition) is 4. The highest BCUT2D eigenvalue weighted by Crippen LogP contribution is 2.28. The molecule has 0 radical (unpaired) electrons. The molecule has 2 aliphatic heterocycles. The topological polar surface area (TPSA) is 40.6 Å². The number of nitrogens with zero attached hydrogens (tertiary/aromatic N) is 2. The first kappa shape index (κ1) is 13.3. The molecule has 2 saturated heterocycles. The van der Waals surface area contributed by atoms with E-state index in [2.05, 4.69) is 30.6 Å². The fraction of sp³-hybridized carbons (Fsp3) is 1.00. The third-order valence-electron chi connectivity index (χ3n) is 3.91. The van der Waals surface area contributed by atoms with Crippen LogP contribution >= 0.6 is 0 Å². The zero-order valence-corrected chi connectivity index (χ0v) is 12.0. The Labute approximate surface area is 105 Å². The quantitative estimate of drug-likeness (QED) is 0.745. The third kappa shape index (κ3) is 2.83. The Hall–Kier alpha value is -0.130. The third-order valence-corrected chi connectivity index (χ3v) is 5.86. The molecule has 0 saturated carbocycles. The molecular formula is C12H24N2O2S. The molecule has 0 spiro atoms. The summed E-state index contributed by atoms with van der Waals surface area (Å²) < 4.78 is 23.3. The van der Waals surface area contributed by atoms with E-state index in [-0.39, 0.29) is 5.54 Å². The molecule has 2 fully saturated rings. The van der Waals surface area contributed by atoms with Crippen molar-refractivity contribution in [3.8, 4) is 0 Å². The average molecular weight is 260 g/mol. The second-order valence-corrected chi connectivity index (χ2v) is 8.20. The summed E-state index contributed by atoms with van der Waals surface area (Å²) in [7, 11) is -2.82. The normalized spacial score (nSPS) is 30.1. The van der Waals surface area contributed by atoms with Gasteiger partial charge in [0.05, 0.1) is 11.5 Å². The molecule has 2 aliphatic rings. The van der Waals surface area contributed by atoms with Gasteiger partial charge in [0.1, 0.15) is 0 Å². The fourth-order valence-electron chi connectivity index (χ4n) is 3.15. The smallest absolute Gasteiger partial charge is 0.153 e. The van der Waals surface area contributed by atoms with Crippen LogP contribution < -0.4 is 0 Å². The van der Waals surface area contributed by atoms with E-state index in [0.29, 0.717) is 24.1 Å². The molecule has 5 heteroatoms. The number of sulfone groups is 1. The summed E-state index contributed by atoms with van der Waals surface area (Å²) >= 11 is 0. The Morgan fingerprint density at radius 1 is 1.29 bits per heavy atom. The summed E-state index contributed by atoms with van der Waals surface area (Å²) in [5.41, 5.74) is -0.194. The minimum atomic E-state index is -2.82. The van der Waals surface area contributed by atoms with Gasteiger partial charge in [0, 0.05) is 31.2 Å². The van der Waals surface area contributed by atoms with Crippen LogP contribution in [0.3, 0.4) is 0 Å². The maximum absolute atomic E-state index is 11.7. The van der Waals surface area contributed by atoms with E-state index >= 15 is 0 Å². The van der Waals surface area contributed by atoms with Crippen LogP contribution in [-0.4, -0.2) is 67.5 Å². The molecule has 0 amide bonds. The van der Waals surface area contributed by atoms with Crippen LogP contribution in [0.25, 0.3) is 0 Å². The zero-order valence-electron chi connectivity index (χ0n) is 11.1. The highest BCUT2D eigenvalue weighted by molar-refractivity contribution is 7.91. The summed E-state index contributed by atoms with van der Waals surface area (Å²) in [5.74, 6) is 0.644. The minimum Gasteiger partial charge on any atom is -0.300 e. The van der Waals surface area contributed by atoms with Gasteiger partial charge in [0.2, 0.25) is 0 Å². The first-order chi connectivity index (χ1) is 7.84.